The predicted molar refractivity (Wildman–Crippen MR) is 115 cm³/mol. The van der Waals surface area contributed by atoms with Gasteiger partial charge in [0.15, 0.2) is 17.3 Å². The molecule has 1 aliphatic heterocycles. The summed E-state index contributed by atoms with van der Waals surface area (Å²) in [6.45, 7) is 9.67. The molecule has 6 nitrogen and oxygen atoms in total. The van der Waals surface area contributed by atoms with Crippen molar-refractivity contribution < 1.29 is 23.8 Å². The quantitative estimate of drug-likeness (QED) is 0.517. The molecule has 0 saturated carbocycles. The molecule has 0 aromatic heterocycles. The molecule has 160 valence electrons. The molecule has 30 heavy (non-hydrogen) atoms. The molecule has 1 aliphatic carbocycles. The number of methoxy groups -OCH3 is 2. The van der Waals surface area contributed by atoms with E-state index < -0.39 is 17.8 Å². The van der Waals surface area contributed by atoms with Gasteiger partial charge >= 0.3 is 5.97 Å². The molecule has 0 radical (unpaired) electrons. The van der Waals surface area contributed by atoms with Crippen LogP contribution in [-0.4, -0.2) is 38.3 Å². The number of hydrogen-bond acceptors (Lipinski definition) is 6. The highest BCUT2D eigenvalue weighted by Crippen LogP contribution is 2.48. The Balaban J connectivity index is 2.17. The third kappa shape index (κ3) is 4.04. The van der Waals surface area contributed by atoms with Crippen LogP contribution in [0.3, 0.4) is 0 Å². The normalized spacial score (nSPS) is 22.7. The summed E-state index contributed by atoms with van der Waals surface area (Å²) >= 11 is 0. The zero-order chi connectivity index (χ0) is 22.1. The molecule has 0 spiro atoms. The molecule has 2 atom stereocenters. The van der Waals surface area contributed by atoms with Crippen LogP contribution in [0.15, 0.2) is 47.1 Å². The fraction of sp³-hybridized carbons (Fsp3) is 0.458. The molecule has 6 heteroatoms. The number of ketones is 1. The molecule has 1 aromatic carbocycles. The average molecular weight is 411 g/mol. The second kappa shape index (κ2) is 8.46. The lowest BCUT2D eigenvalue weighted by Gasteiger charge is -2.39. The van der Waals surface area contributed by atoms with Crippen LogP contribution in [0, 0.1) is 11.3 Å². The van der Waals surface area contributed by atoms with Crippen molar-refractivity contribution in [1.29, 1.82) is 0 Å². The van der Waals surface area contributed by atoms with Gasteiger partial charge in [0.25, 0.3) is 0 Å². The number of carbonyl (C=O) groups is 2. The maximum Gasteiger partial charge on any atom is 0.315 e. The smallest absolute Gasteiger partial charge is 0.315 e. The molecule has 2 aliphatic rings. The lowest BCUT2D eigenvalue weighted by atomic mass is 9.67. The standard InChI is InChI=1S/C24H29NO5/c1-7-10-30-23(27)20-14(2)25-16-12-24(3,4)13-17(26)22(16)21(20)15-8-9-18(28-5)19(11-15)29-6/h7-9,11,20-21H,1,10,12-13H2,2-6H3/t20?,21-/m1/s1. The number of nitrogens with zero attached hydrogens (tertiary/aromatic N) is 1. The minimum atomic E-state index is -0.688. The first-order valence-electron chi connectivity index (χ1n) is 10.0. The van der Waals surface area contributed by atoms with Gasteiger partial charge in [0.05, 0.1) is 14.2 Å². The fourth-order valence-electron chi connectivity index (χ4n) is 4.39. The zero-order valence-corrected chi connectivity index (χ0v) is 18.3. The molecule has 1 aromatic rings. The number of ether oxygens (including phenoxy) is 3. The summed E-state index contributed by atoms with van der Waals surface area (Å²) in [7, 11) is 3.13. The molecule has 0 fully saturated rings. The monoisotopic (exact) mass is 411 g/mol. The number of carbonyl (C=O) groups excluding carboxylic acids is 2. The van der Waals surface area contributed by atoms with Crippen molar-refractivity contribution in [3.05, 3.63) is 47.7 Å². The van der Waals surface area contributed by atoms with E-state index in [1.165, 1.54) is 6.08 Å². The number of Topliss-reactive ketones (excluding diaryl/α,β-unsaturated/α-hetero) is 1. The summed E-state index contributed by atoms with van der Waals surface area (Å²) in [5, 5.41) is 0. The Labute approximate surface area is 177 Å². The van der Waals surface area contributed by atoms with E-state index in [9.17, 15) is 9.59 Å². The predicted octanol–water partition coefficient (Wildman–Crippen LogP) is 4.25. The summed E-state index contributed by atoms with van der Waals surface area (Å²) in [4.78, 5) is 30.9. The van der Waals surface area contributed by atoms with Crippen molar-refractivity contribution in [3.63, 3.8) is 0 Å². The third-order valence-corrected chi connectivity index (χ3v) is 5.67. The molecule has 0 saturated heterocycles. The van der Waals surface area contributed by atoms with Crippen LogP contribution in [0.4, 0.5) is 0 Å². The Morgan fingerprint density at radius 3 is 2.57 bits per heavy atom. The van der Waals surface area contributed by atoms with Gasteiger partial charge in [0.1, 0.15) is 12.5 Å². The Morgan fingerprint density at radius 2 is 1.93 bits per heavy atom. The Bertz CT molecular complexity index is 941. The van der Waals surface area contributed by atoms with Gasteiger partial charge in [0, 0.05) is 29.3 Å². The summed E-state index contributed by atoms with van der Waals surface area (Å²) in [6, 6.07) is 5.49. The Morgan fingerprint density at radius 1 is 1.23 bits per heavy atom. The molecule has 1 heterocycles. The van der Waals surface area contributed by atoms with E-state index >= 15 is 0 Å². The van der Waals surface area contributed by atoms with Crippen LogP contribution in [-0.2, 0) is 14.3 Å². The molecule has 1 unspecified atom stereocenters. The van der Waals surface area contributed by atoms with E-state index in [4.69, 9.17) is 19.2 Å². The second-order valence-corrected chi connectivity index (χ2v) is 8.54. The van der Waals surface area contributed by atoms with Gasteiger partial charge < -0.3 is 14.2 Å². The highest BCUT2D eigenvalue weighted by molar-refractivity contribution is 6.09. The summed E-state index contributed by atoms with van der Waals surface area (Å²) in [6.07, 6.45) is 2.62. The number of hydrogen-bond donors (Lipinski definition) is 0. The highest BCUT2D eigenvalue weighted by atomic mass is 16.5. The van der Waals surface area contributed by atoms with Gasteiger partial charge in [-0.05, 0) is 36.5 Å². The Hall–Kier alpha value is -2.89. The largest absolute Gasteiger partial charge is 0.493 e. The van der Waals surface area contributed by atoms with Gasteiger partial charge in [-0.1, -0.05) is 32.6 Å². The van der Waals surface area contributed by atoms with Crippen molar-refractivity contribution in [3.8, 4) is 11.5 Å². The van der Waals surface area contributed by atoms with E-state index in [2.05, 4.69) is 20.4 Å². The van der Waals surface area contributed by atoms with Gasteiger partial charge in [-0.25, -0.2) is 0 Å². The second-order valence-electron chi connectivity index (χ2n) is 8.54. The van der Waals surface area contributed by atoms with Gasteiger partial charge in [-0.2, -0.15) is 0 Å². The lowest BCUT2D eigenvalue weighted by molar-refractivity contribution is -0.145. The SMILES string of the molecule is C=CCOC(=O)C1C(C)=NC2=C(C(=O)CC(C)(C)C2)[C@@H]1c1ccc(OC)c(OC)c1. The third-order valence-electron chi connectivity index (χ3n) is 5.67. The summed E-state index contributed by atoms with van der Waals surface area (Å²) < 4.78 is 16.2. The minimum absolute atomic E-state index is 0.0267. The molecule has 3 rings (SSSR count). The number of rotatable bonds is 6. The van der Waals surface area contributed by atoms with Gasteiger partial charge in [-0.3, -0.25) is 14.6 Å². The average Bonchev–Trinajstić information content (AvgIpc) is 2.69. The van der Waals surface area contributed by atoms with Crippen LogP contribution in [0.5, 0.6) is 11.5 Å². The first-order valence-corrected chi connectivity index (χ1v) is 10.0. The van der Waals surface area contributed by atoms with Crippen molar-refractivity contribution in [2.24, 2.45) is 16.3 Å². The van der Waals surface area contributed by atoms with Crippen LogP contribution in [0.1, 0.15) is 45.1 Å². The van der Waals surface area contributed by atoms with Crippen molar-refractivity contribution in [1.82, 2.24) is 0 Å². The van der Waals surface area contributed by atoms with E-state index in [1.54, 1.807) is 20.3 Å². The lowest BCUT2D eigenvalue weighted by Crippen LogP contribution is -2.39. The maximum atomic E-state index is 13.2. The number of esters is 1. The van der Waals surface area contributed by atoms with E-state index in [0.29, 0.717) is 35.6 Å². The van der Waals surface area contributed by atoms with E-state index in [0.717, 1.165) is 11.3 Å². The van der Waals surface area contributed by atoms with Crippen LogP contribution in [0.2, 0.25) is 0 Å². The molecular weight excluding hydrogens is 382 g/mol. The first-order chi connectivity index (χ1) is 14.2. The molecule has 0 N–H and O–H groups in total. The number of aliphatic imine (C=N–C) groups is 1. The van der Waals surface area contributed by atoms with E-state index in [-0.39, 0.29) is 17.8 Å². The number of allylic oxidation sites excluding steroid dienone is 2. The van der Waals surface area contributed by atoms with Gasteiger partial charge in [-0.15, -0.1) is 0 Å². The van der Waals surface area contributed by atoms with Crippen molar-refractivity contribution in [2.75, 3.05) is 20.8 Å². The first kappa shape index (κ1) is 21.8. The molecule has 0 amide bonds. The minimum Gasteiger partial charge on any atom is -0.493 e. The Kier molecular flexibility index (Phi) is 6.15. The topological polar surface area (TPSA) is 74.2 Å². The molecule has 0 bridgehead atoms. The van der Waals surface area contributed by atoms with Crippen molar-refractivity contribution in [2.45, 2.75) is 39.5 Å². The number of benzene rings is 1. The van der Waals surface area contributed by atoms with Crippen LogP contribution >= 0.6 is 0 Å². The zero-order valence-electron chi connectivity index (χ0n) is 18.3. The van der Waals surface area contributed by atoms with Crippen LogP contribution < -0.4 is 9.47 Å². The van der Waals surface area contributed by atoms with Crippen LogP contribution in [0.25, 0.3) is 0 Å². The van der Waals surface area contributed by atoms with Gasteiger partial charge in [0.2, 0.25) is 0 Å². The molecular formula is C24H29NO5. The maximum absolute atomic E-state index is 13.2. The summed E-state index contributed by atoms with van der Waals surface area (Å²) in [5.41, 5.74) is 2.64. The van der Waals surface area contributed by atoms with E-state index in [1.807, 2.05) is 19.1 Å². The fourth-order valence-corrected chi connectivity index (χ4v) is 4.39. The summed E-state index contributed by atoms with van der Waals surface area (Å²) in [5.74, 6) is -0.443. The highest BCUT2D eigenvalue weighted by Gasteiger charge is 2.46. The van der Waals surface area contributed by atoms with Crippen molar-refractivity contribution >= 4 is 17.5 Å².